The molecule has 3 N–H and O–H groups in total. The molecular weight excluding hydrogens is 204 g/mol. The first-order valence-corrected chi connectivity index (χ1v) is 5.64. The van der Waals surface area contributed by atoms with Crippen LogP contribution in [-0.2, 0) is 10.0 Å². The molecular formula is C7H12N4O2S. The van der Waals surface area contributed by atoms with Crippen molar-refractivity contribution in [3.63, 3.8) is 0 Å². The average Bonchev–Trinajstić information content (AvgIpc) is 2.51. The Morgan fingerprint density at radius 1 is 1.64 bits per heavy atom. The number of nitrogens with one attached hydrogen (secondary N) is 1. The van der Waals surface area contributed by atoms with Crippen LogP contribution in [0, 0.1) is 0 Å². The first-order valence-electron chi connectivity index (χ1n) is 4.20. The molecule has 14 heavy (non-hydrogen) atoms. The minimum Gasteiger partial charge on any atom is -0.323 e. The van der Waals surface area contributed by atoms with Gasteiger partial charge in [0.15, 0.2) is 5.03 Å². The summed E-state index contributed by atoms with van der Waals surface area (Å²) in [7, 11) is -3.39. The first-order chi connectivity index (χ1) is 6.42. The van der Waals surface area contributed by atoms with Gasteiger partial charge in [0.25, 0.3) is 10.0 Å². The molecule has 1 aromatic heterocycles. The Morgan fingerprint density at radius 2 is 2.29 bits per heavy atom. The van der Waals surface area contributed by atoms with Gasteiger partial charge in [0.1, 0.15) is 0 Å². The third-order valence-corrected chi connectivity index (χ3v) is 3.89. The molecule has 1 aromatic rings. The number of sulfonamides is 1. The van der Waals surface area contributed by atoms with Crippen LogP contribution in [0.2, 0.25) is 0 Å². The van der Waals surface area contributed by atoms with Crippen LogP contribution >= 0.6 is 0 Å². The highest BCUT2D eigenvalue weighted by Gasteiger charge is 2.42. The predicted molar refractivity (Wildman–Crippen MR) is 49.9 cm³/mol. The van der Waals surface area contributed by atoms with Crippen molar-refractivity contribution < 1.29 is 8.42 Å². The second-order valence-electron chi connectivity index (χ2n) is 3.85. The second kappa shape index (κ2) is 2.78. The number of nitrogens with two attached hydrogens (primary N) is 1. The Hall–Kier alpha value is -0.920. The summed E-state index contributed by atoms with van der Waals surface area (Å²) in [5, 5.41) is 6.16. The minimum absolute atomic E-state index is 0.119. The third-order valence-electron chi connectivity index (χ3n) is 2.17. The monoisotopic (exact) mass is 216 g/mol. The number of nitrogens with zero attached hydrogens (tertiary/aromatic N) is 2. The fraction of sp³-hybridized carbons (Fsp3) is 0.571. The molecule has 6 nitrogen and oxygen atoms in total. The molecule has 0 aromatic carbocycles. The van der Waals surface area contributed by atoms with Crippen LogP contribution in [-0.4, -0.2) is 41.5 Å². The Bertz CT molecular complexity index is 415. The maximum Gasteiger partial charge on any atom is 0.260 e. The summed E-state index contributed by atoms with van der Waals surface area (Å²) in [6.07, 6.45) is 1.41. The Morgan fingerprint density at radius 3 is 2.71 bits per heavy atom. The van der Waals surface area contributed by atoms with Crippen molar-refractivity contribution in [1.82, 2.24) is 14.5 Å². The molecule has 0 bridgehead atoms. The van der Waals surface area contributed by atoms with Crippen LogP contribution in [0.1, 0.15) is 6.92 Å². The molecule has 0 saturated carbocycles. The highest BCUT2D eigenvalue weighted by Crippen LogP contribution is 2.24. The van der Waals surface area contributed by atoms with E-state index in [2.05, 4.69) is 10.2 Å². The lowest BCUT2D eigenvalue weighted by Gasteiger charge is -2.43. The van der Waals surface area contributed by atoms with Gasteiger partial charge in [-0.05, 0) is 13.0 Å². The number of hydrogen-bond donors (Lipinski definition) is 2. The summed E-state index contributed by atoms with van der Waals surface area (Å²) in [5.41, 5.74) is 5.33. The molecule has 1 fully saturated rings. The van der Waals surface area contributed by atoms with E-state index >= 15 is 0 Å². The lowest BCUT2D eigenvalue weighted by Crippen LogP contribution is -2.66. The Labute approximate surface area is 82.1 Å². The molecule has 0 aliphatic carbocycles. The van der Waals surface area contributed by atoms with Crippen molar-refractivity contribution in [2.75, 3.05) is 13.1 Å². The van der Waals surface area contributed by atoms with Crippen LogP contribution in [0.25, 0.3) is 0 Å². The fourth-order valence-corrected chi connectivity index (χ4v) is 3.06. The van der Waals surface area contributed by atoms with Crippen molar-refractivity contribution in [3.8, 4) is 0 Å². The van der Waals surface area contributed by atoms with Crippen molar-refractivity contribution in [1.29, 1.82) is 0 Å². The van der Waals surface area contributed by atoms with E-state index < -0.39 is 15.6 Å². The van der Waals surface area contributed by atoms with Gasteiger partial charge in [-0.25, -0.2) is 8.42 Å². The van der Waals surface area contributed by atoms with Gasteiger partial charge in [0.2, 0.25) is 0 Å². The van der Waals surface area contributed by atoms with E-state index in [4.69, 9.17) is 5.73 Å². The van der Waals surface area contributed by atoms with Gasteiger partial charge in [-0.1, -0.05) is 0 Å². The van der Waals surface area contributed by atoms with Gasteiger partial charge < -0.3 is 5.73 Å². The summed E-state index contributed by atoms with van der Waals surface area (Å²) in [6, 6.07) is 1.43. The zero-order valence-electron chi connectivity index (χ0n) is 7.77. The SMILES string of the molecule is CC1(N)CN(S(=O)(=O)c2ccn[nH]2)C1. The van der Waals surface area contributed by atoms with E-state index in [1.54, 1.807) is 0 Å². The molecule has 0 radical (unpaired) electrons. The van der Waals surface area contributed by atoms with Crippen molar-refractivity contribution in [2.24, 2.45) is 5.73 Å². The molecule has 0 unspecified atom stereocenters. The van der Waals surface area contributed by atoms with Gasteiger partial charge >= 0.3 is 0 Å². The van der Waals surface area contributed by atoms with Crippen LogP contribution < -0.4 is 5.73 Å². The Kier molecular flexibility index (Phi) is 1.91. The van der Waals surface area contributed by atoms with E-state index in [0.29, 0.717) is 13.1 Å². The number of H-pyrrole nitrogens is 1. The fourth-order valence-electron chi connectivity index (χ4n) is 1.46. The van der Waals surface area contributed by atoms with Crippen LogP contribution in [0.15, 0.2) is 17.3 Å². The van der Waals surface area contributed by atoms with Gasteiger partial charge in [-0.15, -0.1) is 0 Å². The van der Waals surface area contributed by atoms with E-state index in [-0.39, 0.29) is 5.03 Å². The van der Waals surface area contributed by atoms with Crippen molar-refractivity contribution in [3.05, 3.63) is 12.3 Å². The summed E-state index contributed by atoms with van der Waals surface area (Å²) in [5.74, 6) is 0. The zero-order chi connectivity index (χ0) is 10.4. The average molecular weight is 216 g/mol. The molecule has 1 aliphatic heterocycles. The smallest absolute Gasteiger partial charge is 0.260 e. The largest absolute Gasteiger partial charge is 0.323 e. The summed E-state index contributed by atoms with van der Waals surface area (Å²) >= 11 is 0. The molecule has 2 heterocycles. The first kappa shape index (κ1) is 9.63. The zero-order valence-corrected chi connectivity index (χ0v) is 8.58. The number of hydrogen-bond acceptors (Lipinski definition) is 4. The molecule has 1 aliphatic rings. The molecule has 1 saturated heterocycles. The predicted octanol–water partition coefficient (Wildman–Crippen LogP) is -0.869. The molecule has 0 atom stereocenters. The molecule has 78 valence electrons. The van der Waals surface area contributed by atoms with E-state index in [1.165, 1.54) is 16.6 Å². The maximum absolute atomic E-state index is 11.8. The van der Waals surface area contributed by atoms with Gasteiger partial charge in [-0.2, -0.15) is 9.40 Å². The normalized spacial score (nSPS) is 21.9. The number of aromatic nitrogens is 2. The lowest BCUT2D eigenvalue weighted by atomic mass is 9.97. The number of aromatic amines is 1. The van der Waals surface area contributed by atoms with E-state index in [1.807, 2.05) is 6.92 Å². The number of rotatable bonds is 2. The molecule has 7 heteroatoms. The maximum atomic E-state index is 11.8. The summed E-state index contributed by atoms with van der Waals surface area (Å²) in [4.78, 5) is 0. The quantitative estimate of drug-likeness (QED) is 0.672. The third kappa shape index (κ3) is 1.43. The van der Waals surface area contributed by atoms with Crippen LogP contribution in [0.3, 0.4) is 0 Å². The summed E-state index contributed by atoms with van der Waals surface area (Å²) < 4.78 is 24.9. The second-order valence-corrected chi connectivity index (χ2v) is 5.75. The van der Waals surface area contributed by atoms with E-state index in [0.717, 1.165) is 0 Å². The summed E-state index contributed by atoms with van der Waals surface area (Å²) in [6.45, 7) is 2.54. The molecule has 0 amide bonds. The van der Waals surface area contributed by atoms with Crippen molar-refractivity contribution in [2.45, 2.75) is 17.5 Å². The highest BCUT2D eigenvalue weighted by molar-refractivity contribution is 7.89. The van der Waals surface area contributed by atoms with E-state index in [9.17, 15) is 8.42 Å². The van der Waals surface area contributed by atoms with Crippen LogP contribution in [0.4, 0.5) is 0 Å². The lowest BCUT2D eigenvalue weighted by molar-refractivity contribution is 0.176. The molecule has 2 rings (SSSR count). The topological polar surface area (TPSA) is 92.1 Å². The standard InChI is InChI=1S/C7H12N4O2S/c1-7(8)4-11(5-7)14(12,13)6-2-3-9-10-6/h2-3H,4-5,8H2,1H3,(H,9,10). The van der Waals surface area contributed by atoms with Gasteiger partial charge in [-0.3, -0.25) is 5.10 Å². The highest BCUT2D eigenvalue weighted by atomic mass is 32.2. The molecule has 0 spiro atoms. The minimum atomic E-state index is -3.39. The van der Waals surface area contributed by atoms with Gasteiger partial charge in [0, 0.05) is 18.6 Å². The van der Waals surface area contributed by atoms with Gasteiger partial charge in [0.05, 0.1) is 6.20 Å². The Balaban J connectivity index is 2.21. The van der Waals surface area contributed by atoms with Crippen LogP contribution in [0.5, 0.6) is 0 Å². The van der Waals surface area contributed by atoms with Crippen molar-refractivity contribution >= 4 is 10.0 Å².